The highest BCUT2D eigenvalue weighted by molar-refractivity contribution is 8.14. The van der Waals surface area contributed by atoms with E-state index >= 15 is 0 Å². The first-order valence-electron chi connectivity index (χ1n) is 10.5. The summed E-state index contributed by atoms with van der Waals surface area (Å²) in [5, 5.41) is 13.3. The number of hydrogen-bond donors (Lipinski definition) is 2. The number of aryl methyl sites for hydroxylation is 1. The minimum Gasteiger partial charge on any atom is -0.394 e. The molecule has 2 atom stereocenters. The molecule has 0 radical (unpaired) electrons. The number of aromatic nitrogens is 2. The SMILES string of the molecule is C=C1CN(c2nc3c(c(N[C@@H](CO)C(C)C)n2)S(=C)CC3)CCN1c1ccccc1. The molecule has 6 nitrogen and oxygen atoms in total. The molecular formula is C23H31N5OS. The Morgan fingerprint density at radius 2 is 1.97 bits per heavy atom. The van der Waals surface area contributed by atoms with Gasteiger partial charge in [0.1, 0.15) is 5.82 Å². The Morgan fingerprint density at radius 1 is 1.20 bits per heavy atom. The molecule has 1 aromatic heterocycles. The molecule has 1 fully saturated rings. The molecule has 3 heterocycles. The van der Waals surface area contributed by atoms with Crippen molar-refractivity contribution in [1.29, 1.82) is 0 Å². The second-order valence-electron chi connectivity index (χ2n) is 8.25. The van der Waals surface area contributed by atoms with Crippen molar-refractivity contribution in [3.05, 3.63) is 48.3 Å². The van der Waals surface area contributed by atoms with Gasteiger partial charge in [-0.1, -0.05) is 44.5 Å². The van der Waals surface area contributed by atoms with Crippen LogP contribution in [0.4, 0.5) is 17.5 Å². The van der Waals surface area contributed by atoms with E-state index in [2.05, 4.69) is 65.7 Å². The number of piperazine rings is 1. The molecule has 1 unspecified atom stereocenters. The highest BCUT2D eigenvalue weighted by Crippen LogP contribution is 2.41. The van der Waals surface area contributed by atoms with E-state index in [4.69, 9.17) is 9.97 Å². The number of para-hydroxylation sites is 1. The summed E-state index contributed by atoms with van der Waals surface area (Å²) >= 11 is 0. The first kappa shape index (κ1) is 20.9. The second-order valence-corrected chi connectivity index (χ2v) is 10.0. The zero-order valence-corrected chi connectivity index (χ0v) is 18.7. The smallest absolute Gasteiger partial charge is 0.228 e. The van der Waals surface area contributed by atoms with Gasteiger partial charge in [-0.05, 0) is 30.2 Å². The predicted molar refractivity (Wildman–Crippen MR) is 128 cm³/mol. The van der Waals surface area contributed by atoms with Gasteiger partial charge in [-0.3, -0.25) is 0 Å². The third kappa shape index (κ3) is 4.09. The summed E-state index contributed by atoms with van der Waals surface area (Å²) in [6.07, 6.45) is 0.933. The van der Waals surface area contributed by atoms with Crippen LogP contribution in [0.1, 0.15) is 19.5 Å². The fraction of sp³-hybridized carbons (Fsp3) is 0.435. The number of aliphatic hydroxyl groups is 1. The standard InChI is InChI=1S/C23H31N5OS/c1-16(2)20(15-29)24-22-21-19(10-13-30(21)4)25-23(26-22)27-11-12-28(17(3)14-27)18-8-6-5-7-9-18/h5-9,16,20,29H,3-4,10-15H2,1-2H3,(H,24,25,26)/t20-,30?/m0/s1. The molecular weight excluding hydrogens is 394 g/mol. The van der Waals surface area contributed by atoms with Crippen LogP contribution in [0.3, 0.4) is 0 Å². The molecule has 30 heavy (non-hydrogen) atoms. The molecule has 2 aliphatic heterocycles. The van der Waals surface area contributed by atoms with Gasteiger partial charge in [0, 0.05) is 24.5 Å². The van der Waals surface area contributed by atoms with E-state index in [1.54, 1.807) is 0 Å². The summed E-state index contributed by atoms with van der Waals surface area (Å²) in [5.74, 6) is 7.22. The minimum absolute atomic E-state index is 0.0423. The van der Waals surface area contributed by atoms with Crippen molar-refractivity contribution in [2.24, 2.45) is 5.92 Å². The molecule has 4 rings (SSSR count). The predicted octanol–water partition coefficient (Wildman–Crippen LogP) is 3.36. The van der Waals surface area contributed by atoms with Crippen LogP contribution in [-0.2, 0) is 6.42 Å². The Bertz CT molecular complexity index is 946. The van der Waals surface area contributed by atoms with Gasteiger partial charge in [0.15, 0.2) is 0 Å². The summed E-state index contributed by atoms with van der Waals surface area (Å²) in [4.78, 5) is 15.4. The van der Waals surface area contributed by atoms with Crippen molar-refractivity contribution in [1.82, 2.24) is 9.97 Å². The molecule has 0 bridgehead atoms. The molecule has 2 N–H and O–H groups in total. The van der Waals surface area contributed by atoms with Crippen molar-refractivity contribution in [2.75, 3.05) is 47.1 Å². The third-order valence-corrected chi connectivity index (χ3v) is 7.52. The molecule has 0 aliphatic carbocycles. The molecule has 1 saturated heterocycles. The number of nitrogens with zero attached hydrogens (tertiary/aromatic N) is 4. The van der Waals surface area contributed by atoms with Crippen LogP contribution in [0.5, 0.6) is 0 Å². The van der Waals surface area contributed by atoms with Gasteiger partial charge in [0.25, 0.3) is 0 Å². The molecule has 2 aromatic rings. The number of fused-ring (bicyclic) bond motifs is 1. The topological polar surface area (TPSA) is 64.5 Å². The Balaban J connectivity index is 1.60. The molecule has 160 valence electrons. The van der Waals surface area contributed by atoms with Crippen LogP contribution in [0, 0.1) is 5.92 Å². The monoisotopic (exact) mass is 425 g/mol. The summed E-state index contributed by atoms with van der Waals surface area (Å²) in [5.41, 5.74) is 3.30. The number of anilines is 3. The lowest BCUT2D eigenvalue weighted by molar-refractivity contribution is 0.249. The maximum atomic E-state index is 9.82. The fourth-order valence-electron chi connectivity index (χ4n) is 3.97. The molecule has 0 amide bonds. The Morgan fingerprint density at radius 3 is 2.63 bits per heavy atom. The van der Waals surface area contributed by atoms with E-state index < -0.39 is 0 Å². The molecule has 2 aliphatic rings. The van der Waals surface area contributed by atoms with Gasteiger partial charge in [-0.15, -0.1) is 0 Å². The number of aliphatic hydroxyl groups excluding tert-OH is 1. The lowest BCUT2D eigenvalue weighted by Crippen LogP contribution is -2.45. The average molecular weight is 426 g/mol. The van der Waals surface area contributed by atoms with Crippen LogP contribution in [0.15, 0.2) is 47.5 Å². The van der Waals surface area contributed by atoms with Gasteiger partial charge in [-0.25, -0.2) is 4.98 Å². The normalized spacial score (nSPS) is 19.9. The van der Waals surface area contributed by atoms with Gasteiger partial charge >= 0.3 is 0 Å². The van der Waals surface area contributed by atoms with Gasteiger partial charge in [0.05, 0.1) is 29.8 Å². The number of nitrogens with one attached hydrogen (secondary N) is 1. The summed E-state index contributed by atoms with van der Waals surface area (Å²) in [6, 6.07) is 10.3. The Labute approximate surface area is 181 Å². The molecule has 1 aromatic carbocycles. The van der Waals surface area contributed by atoms with Crippen molar-refractivity contribution in [3.63, 3.8) is 0 Å². The van der Waals surface area contributed by atoms with E-state index in [0.29, 0.717) is 12.5 Å². The quantitative estimate of drug-likeness (QED) is 0.692. The largest absolute Gasteiger partial charge is 0.394 e. The van der Waals surface area contributed by atoms with Crippen molar-refractivity contribution in [2.45, 2.75) is 31.2 Å². The molecule has 0 spiro atoms. The highest BCUT2D eigenvalue weighted by atomic mass is 32.2. The lowest BCUT2D eigenvalue weighted by Gasteiger charge is -2.38. The van der Waals surface area contributed by atoms with Crippen LogP contribution < -0.4 is 15.1 Å². The van der Waals surface area contributed by atoms with Crippen molar-refractivity contribution >= 4 is 33.8 Å². The van der Waals surface area contributed by atoms with E-state index in [-0.39, 0.29) is 23.1 Å². The van der Waals surface area contributed by atoms with Gasteiger partial charge in [0.2, 0.25) is 5.95 Å². The zero-order chi connectivity index (χ0) is 21.3. The number of hydrogen-bond acceptors (Lipinski definition) is 6. The van der Waals surface area contributed by atoms with Crippen molar-refractivity contribution in [3.8, 4) is 0 Å². The van der Waals surface area contributed by atoms with E-state index in [1.807, 2.05) is 6.07 Å². The van der Waals surface area contributed by atoms with Crippen LogP contribution in [0.2, 0.25) is 0 Å². The first-order valence-corrected chi connectivity index (χ1v) is 12.1. The highest BCUT2D eigenvalue weighted by Gasteiger charge is 2.28. The summed E-state index contributed by atoms with van der Waals surface area (Å²) in [7, 11) is -0.105. The Kier molecular flexibility index (Phi) is 6.11. The number of rotatable bonds is 6. The van der Waals surface area contributed by atoms with Crippen molar-refractivity contribution < 1.29 is 5.11 Å². The molecule has 0 saturated carbocycles. The van der Waals surface area contributed by atoms with Gasteiger partial charge < -0.3 is 20.2 Å². The minimum atomic E-state index is -0.105. The second kappa shape index (κ2) is 8.78. The lowest BCUT2D eigenvalue weighted by atomic mass is 10.1. The first-order chi connectivity index (χ1) is 14.5. The van der Waals surface area contributed by atoms with E-state index in [1.165, 1.54) is 5.69 Å². The van der Waals surface area contributed by atoms with Crippen LogP contribution >= 0.6 is 10.5 Å². The maximum absolute atomic E-state index is 9.82. The number of benzene rings is 1. The zero-order valence-electron chi connectivity index (χ0n) is 17.8. The average Bonchev–Trinajstić information content (AvgIpc) is 3.13. The third-order valence-electron chi connectivity index (χ3n) is 5.82. The molecule has 7 heteroatoms. The van der Waals surface area contributed by atoms with E-state index in [0.717, 1.165) is 53.3 Å². The maximum Gasteiger partial charge on any atom is 0.228 e. The summed E-state index contributed by atoms with van der Waals surface area (Å²) in [6.45, 7) is 11.0. The van der Waals surface area contributed by atoms with E-state index in [9.17, 15) is 5.11 Å². The van der Waals surface area contributed by atoms with Crippen LogP contribution in [-0.4, -0.2) is 59.0 Å². The van der Waals surface area contributed by atoms with Gasteiger partial charge in [-0.2, -0.15) is 15.5 Å². The summed E-state index contributed by atoms with van der Waals surface area (Å²) < 4.78 is 0. The van der Waals surface area contributed by atoms with Crippen LogP contribution in [0.25, 0.3) is 0 Å². The fourth-order valence-corrected chi connectivity index (χ4v) is 5.47. The Hall–Kier alpha value is -2.38.